The summed E-state index contributed by atoms with van der Waals surface area (Å²) in [5.74, 6) is 0. The summed E-state index contributed by atoms with van der Waals surface area (Å²) in [5.41, 5.74) is 5.46. The zero-order chi connectivity index (χ0) is 13.5. The van der Waals surface area contributed by atoms with E-state index in [9.17, 15) is 5.11 Å². The molecule has 0 aliphatic heterocycles. The van der Waals surface area contributed by atoms with Crippen LogP contribution in [0.2, 0.25) is 0 Å². The molecule has 2 nitrogen and oxygen atoms in total. The lowest BCUT2D eigenvalue weighted by molar-refractivity contribution is 0.156. The molecule has 1 unspecified atom stereocenters. The minimum absolute atomic E-state index is 0.0569. The van der Waals surface area contributed by atoms with Gasteiger partial charge in [0.15, 0.2) is 0 Å². The van der Waals surface area contributed by atoms with Gasteiger partial charge in [-0.05, 0) is 25.8 Å². The van der Waals surface area contributed by atoms with Crippen LogP contribution in [0.25, 0.3) is 0 Å². The van der Waals surface area contributed by atoms with E-state index in [0.717, 1.165) is 19.4 Å². The minimum atomic E-state index is -0.0569. The number of aliphatic hydroxyl groups is 1. The van der Waals surface area contributed by atoms with E-state index in [1.165, 1.54) is 70.6 Å². The molecular weight excluding hydrogens is 222 g/mol. The molecule has 0 aliphatic carbocycles. The summed E-state index contributed by atoms with van der Waals surface area (Å²) in [6, 6.07) is 0. The molecule has 0 bridgehead atoms. The predicted octanol–water partition coefficient (Wildman–Crippen LogP) is 4.40. The molecule has 0 rings (SSSR count). The topological polar surface area (TPSA) is 46.2 Å². The lowest BCUT2D eigenvalue weighted by Crippen LogP contribution is -2.03. The molecule has 0 amide bonds. The van der Waals surface area contributed by atoms with Crippen LogP contribution in [-0.4, -0.2) is 17.8 Å². The van der Waals surface area contributed by atoms with Crippen LogP contribution >= 0.6 is 0 Å². The fraction of sp³-hybridized carbons (Fsp3) is 1.00. The van der Waals surface area contributed by atoms with Gasteiger partial charge in [0.2, 0.25) is 0 Å². The Hall–Kier alpha value is -0.0800. The monoisotopic (exact) mass is 257 g/mol. The Balaban J connectivity index is 2.94. The third-order valence-electron chi connectivity index (χ3n) is 3.71. The Kier molecular flexibility index (Phi) is 14.9. The van der Waals surface area contributed by atoms with Crippen molar-refractivity contribution < 1.29 is 5.11 Å². The van der Waals surface area contributed by atoms with Gasteiger partial charge in [-0.3, -0.25) is 0 Å². The van der Waals surface area contributed by atoms with E-state index >= 15 is 0 Å². The molecule has 3 N–H and O–H groups in total. The highest BCUT2D eigenvalue weighted by molar-refractivity contribution is 4.53. The summed E-state index contributed by atoms with van der Waals surface area (Å²) in [7, 11) is 0. The number of hydrogen-bond donors (Lipinski definition) is 2. The van der Waals surface area contributed by atoms with Crippen molar-refractivity contribution in [2.45, 2.75) is 96.5 Å². The van der Waals surface area contributed by atoms with Gasteiger partial charge in [-0.25, -0.2) is 0 Å². The zero-order valence-corrected chi connectivity index (χ0v) is 12.5. The summed E-state index contributed by atoms with van der Waals surface area (Å²) in [6.45, 7) is 2.91. The lowest BCUT2D eigenvalue weighted by atomic mass is 10.0. The molecule has 0 aromatic heterocycles. The van der Waals surface area contributed by atoms with Crippen LogP contribution in [-0.2, 0) is 0 Å². The Morgan fingerprint density at radius 3 is 1.50 bits per heavy atom. The highest BCUT2D eigenvalue weighted by Crippen LogP contribution is 2.12. The maximum atomic E-state index is 9.41. The molecular formula is C16H35NO. The van der Waals surface area contributed by atoms with E-state index in [-0.39, 0.29) is 6.10 Å². The molecule has 2 heteroatoms. The fourth-order valence-electron chi connectivity index (χ4n) is 2.32. The van der Waals surface area contributed by atoms with Gasteiger partial charge < -0.3 is 10.8 Å². The van der Waals surface area contributed by atoms with Gasteiger partial charge in [-0.15, -0.1) is 0 Å². The molecule has 0 aliphatic rings. The van der Waals surface area contributed by atoms with Crippen LogP contribution in [0.1, 0.15) is 90.4 Å². The number of rotatable bonds is 14. The molecule has 0 aromatic carbocycles. The van der Waals surface area contributed by atoms with Gasteiger partial charge in [0.25, 0.3) is 0 Å². The maximum absolute atomic E-state index is 9.41. The molecule has 1 atom stereocenters. The Bertz CT molecular complexity index is 150. The molecule has 0 heterocycles. The predicted molar refractivity (Wildman–Crippen MR) is 80.8 cm³/mol. The second-order valence-electron chi connectivity index (χ2n) is 5.53. The average molecular weight is 257 g/mol. The average Bonchev–Trinajstić information content (AvgIpc) is 2.39. The first-order valence-electron chi connectivity index (χ1n) is 8.19. The van der Waals surface area contributed by atoms with Crippen LogP contribution in [0.15, 0.2) is 0 Å². The van der Waals surface area contributed by atoms with Crippen LogP contribution in [0.5, 0.6) is 0 Å². The maximum Gasteiger partial charge on any atom is 0.0537 e. The van der Waals surface area contributed by atoms with Gasteiger partial charge in [0.1, 0.15) is 0 Å². The van der Waals surface area contributed by atoms with Gasteiger partial charge >= 0.3 is 0 Å². The number of nitrogens with two attached hydrogens (primary N) is 1. The first-order valence-corrected chi connectivity index (χ1v) is 8.19. The molecule has 18 heavy (non-hydrogen) atoms. The van der Waals surface area contributed by atoms with Crippen molar-refractivity contribution in [2.24, 2.45) is 5.73 Å². The van der Waals surface area contributed by atoms with E-state index < -0.39 is 0 Å². The van der Waals surface area contributed by atoms with Gasteiger partial charge in [-0.1, -0.05) is 71.1 Å². The van der Waals surface area contributed by atoms with Crippen LogP contribution in [0.4, 0.5) is 0 Å². The minimum Gasteiger partial charge on any atom is -0.393 e. The summed E-state index contributed by atoms with van der Waals surface area (Å²) in [5, 5.41) is 9.41. The third-order valence-corrected chi connectivity index (χ3v) is 3.71. The second-order valence-corrected chi connectivity index (χ2v) is 5.53. The summed E-state index contributed by atoms with van der Waals surface area (Å²) in [4.78, 5) is 0. The summed E-state index contributed by atoms with van der Waals surface area (Å²) in [6.07, 6.45) is 16.6. The lowest BCUT2D eigenvalue weighted by Gasteiger charge is -2.06. The molecule has 0 saturated carbocycles. The fourth-order valence-corrected chi connectivity index (χ4v) is 2.32. The molecule has 0 spiro atoms. The second kappa shape index (κ2) is 15.0. The van der Waals surface area contributed by atoms with Gasteiger partial charge in [-0.2, -0.15) is 0 Å². The molecule has 0 aromatic rings. The van der Waals surface area contributed by atoms with Crippen LogP contribution in [0.3, 0.4) is 0 Å². The zero-order valence-electron chi connectivity index (χ0n) is 12.5. The third kappa shape index (κ3) is 14.0. The SMILES string of the molecule is CCC(O)CCCCCCCCCCCCCN. The van der Waals surface area contributed by atoms with E-state index in [2.05, 4.69) is 6.92 Å². The van der Waals surface area contributed by atoms with E-state index in [0.29, 0.717) is 0 Å². The normalized spacial score (nSPS) is 12.8. The van der Waals surface area contributed by atoms with E-state index in [4.69, 9.17) is 5.73 Å². The Morgan fingerprint density at radius 1 is 0.722 bits per heavy atom. The summed E-state index contributed by atoms with van der Waals surface area (Å²) < 4.78 is 0. The standard InChI is InChI=1S/C16H35NO/c1-2-16(18)14-12-10-8-6-4-3-5-7-9-11-13-15-17/h16,18H,2-15,17H2,1H3. The first kappa shape index (κ1) is 17.9. The van der Waals surface area contributed by atoms with Crippen molar-refractivity contribution >= 4 is 0 Å². The molecule has 0 fully saturated rings. The first-order chi connectivity index (χ1) is 8.81. The number of unbranched alkanes of at least 4 members (excludes halogenated alkanes) is 10. The van der Waals surface area contributed by atoms with Crippen molar-refractivity contribution in [3.63, 3.8) is 0 Å². The van der Waals surface area contributed by atoms with Crippen molar-refractivity contribution in [1.29, 1.82) is 0 Å². The van der Waals surface area contributed by atoms with Crippen molar-refractivity contribution in [2.75, 3.05) is 6.54 Å². The van der Waals surface area contributed by atoms with Gasteiger partial charge in [0, 0.05) is 0 Å². The smallest absolute Gasteiger partial charge is 0.0537 e. The van der Waals surface area contributed by atoms with Crippen LogP contribution < -0.4 is 5.73 Å². The molecule has 0 saturated heterocycles. The van der Waals surface area contributed by atoms with Crippen LogP contribution in [0, 0.1) is 0 Å². The van der Waals surface area contributed by atoms with Crippen molar-refractivity contribution in [1.82, 2.24) is 0 Å². The number of hydrogen-bond acceptors (Lipinski definition) is 2. The van der Waals surface area contributed by atoms with E-state index in [1.54, 1.807) is 0 Å². The number of aliphatic hydroxyl groups excluding tert-OH is 1. The Morgan fingerprint density at radius 2 is 1.11 bits per heavy atom. The van der Waals surface area contributed by atoms with Crippen molar-refractivity contribution in [3.8, 4) is 0 Å². The van der Waals surface area contributed by atoms with Crippen molar-refractivity contribution in [3.05, 3.63) is 0 Å². The summed E-state index contributed by atoms with van der Waals surface area (Å²) >= 11 is 0. The molecule has 110 valence electrons. The largest absolute Gasteiger partial charge is 0.393 e. The van der Waals surface area contributed by atoms with Gasteiger partial charge in [0.05, 0.1) is 6.10 Å². The highest BCUT2D eigenvalue weighted by Gasteiger charge is 1.99. The quantitative estimate of drug-likeness (QED) is 0.453. The highest BCUT2D eigenvalue weighted by atomic mass is 16.3. The Labute approximate surface area is 114 Å². The molecule has 0 radical (unpaired) electrons. The van der Waals surface area contributed by atoms with E-state index in [1.807, 2.05) is 0 Å².